The predicted octanol–water partition coefficient (Wildman–Crippen LogP) is 4.45. The summed E-state index contributed by atoms with van der Waals surface area (Å²) in [7, 11) is 1.90. The van der Waals surface area contributed by atoms with E-state index in [-0.39, 0.29) is 10.6 Å². The van der Waals surface area contributed by atoms with Gasteiger partial charge in [0, 0.05) is 50.1 Å². The minimum Gasteiger partial charge on any atom is -0.372 e. The van der Waals surface area contributed by atoms with Crippen LogP contribution in [0.5, 0.6) is 0 Å². The second-order valence-electron chi connectivity index (χ2n) is 6.53. The molecule has 0 saturated carbocycles. The summed E-state index contributed by atoms with van der Waals surface area (Å²) in [6, 6.07) is 15.1. The van der Waals surface area contributed by atoms with Crippen molar-refractivity contribution in [3.8, 4) is 11.3 Å². The Morgan fingerprint density at radius 2 is 1.86 bits per heavy atom. The number of non-ortho nitro benzene ring substituents is 1. The number of hydrogen-bond acceptors (Lipinski definition) is 5. The van der Waals surface area contributed by atoms with Gasteiger partial charge in [0.2, 0.25) is 5.95 Å². The van der Waals surface area contributed by atoms with Gasteiger partial charge in [-0.1, -0.05) is 24.3 Å². The summed E-state index contributed by atoms with van der Waals surface area (Å²) < 4.78 is 1.91. The van der Waals surface area contributed by atoms with Gasteiger partial charge in [-0.15, -0.1) is 0 Å². The number of nitrogens with zero attached hydrogens (tertiary/aromatic N) is 4. The standard InChI is InChI=1S/C21H25N5O2/c1-4-25(5-2)18-11-9-16(10-12-18)14-22-21-23-15-20(24(21)3)17-7-6-8-19(13-17)26(27)28/h6-13,15H,4-5,14H2,1-3H3,(H,22,23). The van der Waals surface area contributed by atoms with E-state index >= 15 is 0 Å². The van der Waals surface area contributed by atoms with Gasteiger partial charge in [0.25, 0.3) is 5.69 Å². The fourth-order valence-corrected chi connectivity index (χ4v) is 3.22. The summed E-state index contributed by atoms with van der Waals surface area (Å²) in [4.78, 5) is 17.4. The Kier molecular flexibility index (Phi) is 5.93. The highest BCUT2D eigenvalue weighted by atomic mass is 16.6. The molecule has 0 fully saturated rings. The van der Waals surface area contributed by atoms with Crippen molar-refractivity contribution in [1.82, 2.24) is 9.55 Å². The third-order valence-electron chi connectivity index (χ3n) is 4.86. The van der Waals surface area contributed by atoms with Gasteiger partial charge >= 0.3 is 0 Å². The number of benzene rings is 2. The molecule has 0 atom stereocenters. The molecule has 0 spiro atoms. The Balaban J connectivity index is 1.71. The highest BCUT2D eigenvalue weighted by molar-refractivity contribution is 5.64. The average molecular weight is 379 g/mol. The fraction of sp³-hybridized carbons (Fsp3) is 0.286. The van der Waals surface area contributed by atoms with Crippen molar-refractivity contribution < 1.29 is 4.92 Å². The first-order valence-electron chi connectivity index (χ1n) is 9.37. The fourth-order valence-electron chi connectivity index (χ4n) is 3.22. The lowest BCUT2D eigenvalue weighted by atomic mass is 10.1. The molecule has 0 bridgehead atoms. The van der Waals surface area contributed by atoms with Gasteiger partial charge in [-0.25, -0.2) is 4.98 Å². The third kappa shape index (κ3) is 4.14. The van der Waals surface area contributed by atoms with Crippen LogP contribution in [0.2, 0.25) is 0 Å². The number of rotatable bonds is 8. The molecular weight excluding hydrogens is 354 g/mol. The third-order valence-corrected chi connectivity index (χ3v) is 4.86. The number of aromatic nitrogens is 2. The van der Waals surface area contributed by atoms with E-state index in [0.717, 1.165) is 29.9 Å². The topological polar surface area (TPSA) is 76.2 Å². The summed E-state index contributed by atoms with van der Waals surface area (Å²) in [6.45, 7) is 6.93. The first-order valence-corrected chi connectivity index (χ1v) is 9.37. The second-order valence-corrected chi connectivity index (χ2v) is 6.53. The summed E-state index contributed by atoms with van der Waals surface area (Å²) in [5.74, 6) is 0.717. The van der Waals surface area contributed by atoms with Gasteiger partial charge in [-0.3, -0.25) is 10.1 Å². The van der Waals surface area contributed by atoms with Crippen LogP contribution >= 0.6 is 0 Å². The number of imidazole rings is 1. The maximum Gasteiger partial charge on any atom is 0.270 e. The van der Waals surface area contributed by atoms with Crippen molar-refractivity contribution in [3.05, 3.63) is 70.4 Å². The van der Waals surface area contributed by atoms with Crippen LogP contribution in [0.15, 0.2) is 54.7 Å². The van der Waals surface area contributed by atoms with E-state index in [1.165, 1.54) is 11.8 Å². The molecule has 0 aliphatic heterocycles. The molecular formula is C21H25N5O2. The van der Waals surface area contributed by atoms with E-state index in [4.69, 9.17) is 0 Å². The lowest BCUT2D eigenvalue weighted by molar-refractivity contribution is -0.384. The molecule has 0 aliphatic carbocycles. The summed E-state index contributed by atoms with van der Waals surface area (Å²) in [6.07, 6.45) is 1.73. The Morgan fingerprint density at radius 1 is 1.14 bits per heavy atom. The van der Waals surface area contributed by atoms with Crippen LogP contribution in [0.25, 0.3) is 11.3 Å². The quantitative estimate of drug-likeness (QED) is 0.462. The summed E-state index contributed by atoms with van der Waals surface area (Å²) in [5.41, 5.74) is 4.04. The van der Waals surface area contributed by atoms with Crippen LogP contribution < -0.4 is 10.2 Å². The Morgan fingerprint density at radius 3 is 2.50 bits per heavy atom. The zero-order valence-corrected chi connectivity index (χ0v) is 16.4. The maximum absolute atomic E-state index is 11.0. The number of nitro groups is 1. The van der Waals surface area contributed by atoms with Gasteiger partial charge in [0.15, 0.2) is 0 Å². The molecule has 0 radical (unpaired) electrons. The lowest BCUT2D eigenvalue weighted by Gasteiger charge is -2.21. The Bertz CT molecular complexity index is 946. The van der Waals surface area contributed by atoms with Crippen molar-refractivity contribution in [1.29, 1.82) is 0 Å². The van der Waals surface area contributed by atoms with Gasteiger partial charge in [0.1, 0.15) is 0 Å². The molecule has 7 heteroatoms. The number of hydrogen-bond donors (Lipinski definition) is 1. The van der Waals surface area contributed by atoms with Crippen molar-refractivity contribution in [2.45, 2.75) is 20.4 Å². The van der Waals surface area contributed by atoms with E-state index in [0.29, 0.717) is 12.5 Å². The molecule has 28 heavy (non-hydrogen) atoms. The molecule has 0 aliphatic rings. The Hall–Kier alpha value is -3.35. The molecule has 0 unspecified atom stereocenters. The van der Waals surface area contributed by atoms with Crippen LogP contribution in [0.1, 0.15) is 19.4 Å². The van der Waals surface area contributed by atoms with Crippen LogP contribution in [0.3, 0.4) is 0 Å². The van der Waals surface area contributed by atoms with Crippen molar-refractivity contribution in [3.63, 3.8) is 0 Å². The molecule has 1 aromatic heterocycles. The molecule has 1 heterocycles. The van der Waals surface area contributed by atoms with E-state index in [9.17, 15) is 10.1 Å². The van der Waals surface area contributed by atoms with Crippen LogP contribution in [0.4, 0.5) is 17.3 Å². The zero-order valence-electron chi connectivity index (χ0n) is 16.4. The van der Waals surface area contributed by atoms with Gasteiger partial charge in [0.05, 0.1) is 16.8 Å². The first-order chi connectivity index (χ1) is 13.5. The number of anilines is 2. The van der Waals surface area contributed by atoms with Crippen LogP contribution in [-0.2, 0) is 13.6 Å². The SMILES string of the molecule is CCN(CC)c1ccc(CNc2ncc(-c3cccc([N+](=O)[O-])c3)n2C)cc1. The van der Waals surface area contributed by atoms with Gasteiger partial charge in [-0.2, -0.15) is 0 Å². The van der Waals surface area contributed by atoms with Crippen molar-refractivity contribution >= 4 is 17.3 Å². The van der Waals surface area contributed by atoms with Crippen LogP contribution in [0, 0.1) is 10.1 Å². The lowest BCUT2D eigenvalue weighted by Crippen LogP contribution is -2.21. The maximum atomic E-state index is 11.0. The summed E-state index contributed by atoms with van der Waals surface area (Å²) >= 11 is 0. The van der Waals surface area contributed by atoms with Crippen LogP contribution in [-0.4, -0.2) is 27.6 Å². The van der Waals surface area contributed by atoms with E-state index in [1.54, 1.807) is 18.3 Å². The number of nitro benzene ring substituents is 1. The second kappa shape index (κ2) is 8.56. The molecule has 1 N–H and O–H groups in total. The van der Waals surface area contributed by atoms with Crippen molar-refractivity contribution in [2.75, 3.05) is 23.3 Å². The average Bonchev–Trinajstić information content (AvgIpc) is 3.09. The monoisotopic (exact) mass is 379 g/mol. The zero-order chi connectivity index (χ0) is 20.1. The molecule has 3 aromatic rings. The van der Waals surface area contributed by atoms with E-state index in [2.05, 4.69) is 53.3 Å². The van der Waals surface area contributed by atoms with Crippen molar-refractivity contribution in [2.24, 2.45) is 7.05 Å². The minimum absolute atomic E-state index is 0.0708. The predicted molar refractivity (Wildman–Crippen MR) is 113 cm³/mol. The highest BCUT2D eigenvalue weighted by Gasteiger charge is 2.12. The first kappa shape index (κ1) is 19.4. The van der Waals surface area contributed by atoms with E-state index in [1.807, 2.05) is 17.7 Å². The minimum atomic E-state index is -0.388. The van der Waals surface area contributed by atoms with Gasteiger partial charge in [-0.05, 0) is 31.5 Å². The molecule has 146 valence electrons. The van der Waals surface area contributed by atoms with E-state index < -0.39 is 0 Å². The molecule has 0 saturated heterocycles. The highest BCUT2D eigenvalue weighted by Crippen LogP contribution is 2.25. The normalized spacial score (nSPS) is 10.7. The van der Waals surface area contributed by atoms with Gasteiger partial charge < -0.3 is 14.8 Å². The molecule has 0 amide bonds. The molecule has 2 aromatic carbocycles. The molecule has 3 rings (SSSR count). The molecule has 7 nitrogen and oxygen atoms in total. The smallest absolute Gasteiger partial charge is 0.270 e. The number of nitrogens with one attached hydrogen (secondary N) is 1. The Labute approximate surface area is 164 Å². The largest absolute Gasteiger partial charge is 0.372 e. The summed E-state index contributed by atoms with van der Waals surface area (Å²) in [5, 5.41) is 14.3.